The molecule has 0 bridgehead atoms. The number of methoxy groups -OCH3 is 1. The number of rotatable bonds is 1. The van der Waals surface area contributed by atoms with Crippen molar-refractivity contribution in [3.8, 4) is 0 Å². The lowest BCUT2D eigenvalue weighted by atomic mass is 10.1. The Bertz CT molecular complexity index is 851. The van der Waals surface area contributed by atoms with Crippen molar-refractivity contribution in [2.45, 2.75) is 6.92 Å². The van der Waals surface area contributed by atoms with Crippen molar-refractivity contribution in [1.82, 2.24) is 14.8 Å². The van der Waals surface area contributed by atoms with Gasteiger partial charge in [0.2, 0.25) is 0 Å². The van der Waals surface area contributed by atoms with E-state index in [1.165, 1.54) is 7.11 Å². The normalized spacial score (nSPS) is 11.2. The highest BCUT2D eigenvalue weighted by Crippen LogP contribution is 2.30. The van der Waals surface area contributed by atoms with Crippen molar-refractivity contribution in [3.05, 3.63) is 29.5 Å². The van der Waals surface area contributed by atoms with Gasteiger partial charge in [0, 0.05) is 12.4 Å². The Morgan fingerprint density at radius 2 is 2.15 bits per heavy atom. The molecule has 0 saturated heterocycles. The molecular weight excluding hydrogens is 256 g/mol. The van der Waals surface area contributed by atoms with Gasteiger partial charge in [0.15, 0.2) is 0 Å². The van der Waals surface area contributed by atoms with Crippen molar-refractivity contribution in [3.63, 3.8) is 0 Å². The first-order valence-corrected chi connectivity index (χ1v) is 6.13. The molecule has 2 N–H and O–H groups in total. The van der Waals surface area contributed by atoms with Crippen LogP contribution in [0, 0.1) is 6.92 Å². The second kappa shape index (κ2) is 4.19. The van der Waals surface area contributed by atoms with E-state index in [0.29, 0.717) is 11.4 Å². The van der Waals surface area contributed by atoms with Crippen LogP contribution in [-0.4, -0.2) is 27.8 Å². The van der Waals surface area contributed by atoms with E-state index in [4.69, 9.17) is 10.5 Å². The minimum absolute atomic E-state index is 0.379. The van der Waals surface area contributed by atoms with E-state index in [9.17, 15) is 4.79 Å². The molecule has 0 aliphatic carbocycles. The van der Waals surface area contributed by atoms with Gasteiger partial charge in [-0.3, -0.25) is 4.68 Å². The number of nitrogen functional groups attached to an aromatic ring is 1. The van der Waals surface area contributed by atoms with Crippen molar-refractivity contribution in [2.24, 2.45) is 7.05 Å². The first-order valence-electron chi connectivity index (χ1n) is 6.13. The number of nitrogens with two attached hydrogens (primary N) is 1. The number of hydrogen-bond donors (Lipinski definition) is 1. The molecule has 3 rings (SSSR count). The van der Waals surface area contributed by atoms with Crippen LogP contribution in [0.3, 0.4) is 0 Å². The molecule has 0 radical (unpaired) electrons. The lowest BCUT2D eigenvalue weighted by Gasteiger charge is -2.06. The Morgan fingerprint density at radius 1 is 1.40 bits per heavy atom. The first-order chi connectivity index (χ1) is 9.52. The number of pyridine rings is 1. The molecule has 0 spiro atoms. The number of anilines is 1. The lowest BCUT2D eigenvalue weighted by Crippen LogP contribution is -2.02. The molecule has 20 heavy (non-hydrogen) atoms. The fourth-order valence-electron chi connectivity index (χ4n) is 2.53. The molecule has 0 aliphatic rings. The van der Waals surface area contributed by atoms with E-state index < -0.39 is 0 Å². The largest absolute Gasteiger partial charge is 0.465 e. The Hall–Kier alpha value is -2.63. The first kappa shape index (κ1) is 12.4. The third-order valence-electron chi connectivity index (χ3n) is 3.39. The molecule has 0 aliphatic heterocycles. The summed E-state index contributed by atoms with van der Waals surface area (Å²) in [6.07, 6.45) is 0. The summed E-state index contributed by atoms with van der Waals surface area (Å²) in [5.41, 5.74) is 8.90. The fourth-order valence-corrected chi connectivity index (χ4v) is 2.53. The zero-order chi connectivity index (χ0) is 14.4. The van der Waals surface area contributed by atoms with Crippen LogP contribution < -0.4 is 5.73 Å². The molecule has 0 amide bonds. The maximum atomic E-state index is 11.7. The van der Waals surface area contributed by atoms with Crippen LogP contribution in [0.1, 0.15) is 16.1 Å². The zero-order valence-electron chi connectivity index (χ0n) is 11.5. The summed E-state index contributed by atoms with van der Waals surface area (Å²) >= 11 is 0. The van der Waals surface area contributed by atoms with E-state index in [1.54, 1.807) is 22.9 Å². The van der Waals surface area contributed by atoms with Gasteiger partial charge in [-0.05, 0) is 25.1 Å². The third kappa shape index (κ3) is 1.61. The number of ether oxygens (including phenoxy) is 1. The summed E-state index contributed by atoms with van der Waals surface area (Å²) in [6, 6.07) is 5.20. The average molecular weight is 270 g/mol. The van der Waals surface area contributed by atoms with Gasteiger partial charge in [0.1, 0.15) is 5.82 Å². The molecule has 0 saturated carbocycles. The molecular formula is C14H14N4O2. The maximum Gasteiger partial charge on any atom is 0.337 e. The van der Waals surface area contributed by atoms with Crippen molar-refractivity contribution >= 4 is 33.6 Å². The average Bonchev–Trinajstić information content (AvgIpc) is 2.74. The maximum absolute atomic E-state index is 11.7. The molecule has 2 aromatic heterocycles. The van der Waals surface area contributed by atoms with Crippen LogP contribution >= 0.6 is 0 Å². The summed E-state index contributed by atoms with van der Waals surface area (Å²) < 4.78 is 6.51. The summed E-state index contributed by atoms with van der Waals surface area (Å²) in [5, 5.41) is 6.03. The molecule has 0 unspecified atom stereocenters. The number of esters is 1. The van der Waals surface area contributed by atoms with Crippen LogP contribution in [-0.2, 0) is 11.8 Å². The second-order valence-electron chi connectivity index (χ2n) is 4.65. The Kier molecular flexibility index (Phi) is 2.60. The monoisotopic (exact) mass is 270 g/mol. The third-order valence-corrected chi connectivity index (χ3v) is 3.39. The van der Waals surface area contributed by atoms with Crippen molar-refractivity contribution in [2.75, 3.05) is 12.8 Å². The van der Waals surface area contributed by atoms with E-state index >= 15 is 0 Å². The molecule has 2 heterocycles. The van der Waals surface area contributed by atoms with E-state index in [1.807, 2.05) is 14.0 Å². The molecule has 6 heteroatoms. The topological polar surface area (TPSA) is 83.0 Å². The van der Waals surface area contributed by atoms with Gasteiger partial charge < -0.3 is 10.5 Å². The summed E-state index contributed by atoms with van der Waals surface area (Å²) in [6.45, 7) is 1.89. The number of carbonyl (C=O) groups excluding carboxylic acids is 1. The van der Waals surface area contributed by atoms with Crippen LogP contribution in [0.2, 0.25) is 0 Å². The lowest BCUT2D eigenvalue weighted by molar-refractivity contribution is 0.0601. The SMILES string of the molecule is COC(=O)c1ccc2nc(N)c3c(C)nn(C)c3c2c1. The van der Waals surface area contributed by atoms with Gasteiger partial charge >= 0.3 is 5.97 Å². The standard InChI is InChI=1S/C14H14N4O2/c1-7-11-12(18(2)17-7)9-6-8(14(19)20-3)4-5-10(9)16-13(11)15/h4-6H,1-3H3,(H2,15,16). The number of aromatic nitrogens is 3. The van der Waals surface area contributed by atoms with Crippen LogP contribution in [0.15, 0.2) is 18.2 Å². The summed E-state index contributed by atoms with van der Waals surface area (Å²) in [7, 11) is 3.20. The predicted octanol–water partition coefficient (Wildman–Crippen LogP) is 1.80. The van der Waals surface area contributed by atoms with Crippen molar-refractivity contribution in [1.29, 1.82) is 0 Å². The highest BCUT2D eigenvalue weighted by Gasteiger charge is 2.15. The van der Waals surface area contributed by atoms with Crippen LogP contribution in [0.25, 0.3) is 21.8 Å². The Labute approximate surface area is 115 Å². The summed E-state index contributed by atoms with van der Waals surface area (Å²) in [4.78, 5) is 16.0. The second-order valence-corrected chi connectivity index (χ2v) is 4.65. The molecule has 1 aromatic carbocycles. The predicted molar refractivity (Wildman–Crippen MR) is 76.5 cm³/mol. The zero-order valence-corrected chi connectivity index (χ0v) is 11.5. The van der Waals surface area contributed by atoms with Crippen molar-refractivity contribution < 1.29 is 9.53 Å². The fraction of sp³-hybridized carbons (Fsp3) is 0.214. The molecule has 6 nitrogen and oxygen atoms in total. The number of hydrogen-bond acceptors (Lipinski definition) is 5. The van der Waals surface area contributed by atoms with E-state index in [-0.39, 0.29) is 5.97 Å². The Balaban J connectivity index is 2.47. The molecule has 0 atom stereocenters. The molecule has 3 aromatic rings. The highest BCUT2D eigenvalue weighted by atomic mass is 16.5. The van der Waals surface area contributed by atoms with Gasteiger partial charge in [-0.1, -0.05) is 0 Å². The van der Waals surface area contributed by atoms with E-state index in [2.05, 4.69) is 10.1 Å². The quantitative estimate of drug-likeness (QED) is 0.682. The summed E-state index contributed by atoms with van der Waals surface area (Å²) in [5.74, 6) is 0.0692. The highest BCUT2D eigenvalue weighted by molar-refractivity contribution is 6.10. The van der Waals surface area contributed by atoms with Gasteiger partial charge in [-0.15, -0.1) is 0 Å². The smallest absolute Gasteiger partial charge is 0.337 e. The minimum atomic E-state index is -0.379. The number of benzene rings is 1. The Morgan fingerprint density at radius 3 is 2.85 bits per heavy atom. The van der Waals surface area contributed by atoms with Gasteiger partial charge in [0.05, 0.1) is 34.8 Å². The number of aryl methyl sites for hydroxylation is 2. The molecule has 0 fully saturated rings. The molecule has 102 valence electrons. The van der Waals surface area contributed by atoms with Crippen LogP contribution in [0.4, 0.5) is 5.82 Å². The number of fused-ring (bicyclic) bond motifs is 3. The van der Waals surface area contributed by atoms with Gasteiger partial charge in [-0.2, -0.15) is 5.10 Å². The number of nitrogens with zero attached hydrogens (tertiary/aromatic N) is 3. The van der Waals surface area contributed by atoms with Gasteiger partial charge in [-0.25, -0.2) is 9.78 Å². The van der Waals surface area contributed by atoms with E-state index in [0.717, 1.165) is 27.5 Å². The van der Waals surface area contributed by atoms with Gasteiger partial charge in [0.25, 0.3) is 0 Å². The van der Waals surface area contributed by atoms with Crippen LogP contribution in [0.5, 0.6) is 0 Å². The number of carbonyl (C=O) groups is 1. The minimum Gasteiger partial charge on any atom is -0.465 e.